The lowest BCUT2D eigenvalue weighted by molar-refractivity contribution is -0.145. The fourth-order valence-electron chi connectivity index (χ4n) is 3.87. The average molecular weight is 484 g/mol. The molecule has 0 saturated carbocycles. The maximum atomic E-state index is 14.1. The Bertz CT molecular complexity index is 1200. The Kier molecular flexibility index (Phi) is 6.35. The molecule has 0 aliphatic carbocycles. The molecule has 176 valence electrons. The highest BCUT2D eigenvalue weighted by Crippen LogP contribution is 2.31. The molecule has 0 spiro atoms. The molecule has 1 saturated heterocycles. The van der Waals surface area contributed by atoms with Crippen molar-refractivity contribution in [2.24, 2.45) is 0 Å². The van der Waals surface area contributed by atoms with Crippen LogP contribution in [-0.2, 0) is 9.59 Å². The molecular formula is C23H22FN5O4S. The number of amides is 2. The van der Waals surface area contributed by atoms with Crippen LogP contribution in [0.15, 0.2) is 60.0 Å². The standard InChI is InChI=1S/C23H22FN5O4S/c24-16-5-1-2-6-17(16)29-15-25-26-23(29)34-14-21(30)27-9-11-28(12-10-27)22(31)20-13-32-18-7-3-4-8-19(18)33-20/h1-8,15,20H,9-14H2. The van der Waals surface area contributed by atoms with Crippen molar-refractivity contribution in [2.75, 3.05) is 38.5 Å². The van der Waals surface area contributed by atoms with Gasteiger partial charge in [0.1, 0.15) is 18.8 Å². The van der Waals surface area contributed by atoms with Crippen molar-refractivity contribution in [3.05, 3.63) is 60.7 Å². The zero-order valence-corrected chi connectivity index (χ0v) is 19.0. The van der Waals surface area contributed by atoms with Crippen LogP contribution in [0, 0.1) is 5.82 Å². The molecule has 2 aliphatic rings. The van der Waals surface area contributed by atoms with Crippen molar-refractivity contribution in [1.82, 2.24) is 24.6 Å². The van der Waals surface area contributed by atoms with Gasteiger partial charge in [-0.3, -0.25) is 14.2 Å². The maximum Gasteiger partial charge on any atom is 0.267 e. The second kappa shape index (κ2) is 9.72. The third kappa shape index (κ3) is 4.56. The number of fused-ring (bicyclic) bond motifs is 1. The van der Waals surface area contributed by atoms with Crippen molar-refractivity contribution < 1.29 is 23.5 Å². The molecule has 9 nitrogen and oxygen atoms in total. The van der Waals surface area contributed by atoms with E-state index in [1.165, 1.54) is 28.7 Å². The Morgan fingerprint density at radius 2 is 1.71 bits per heavy atom. The van der Waals surface area contributed by atoms with Gasteiger partial charge in [-0.2, -0.15) is 0 Å². The van der Waals surface area contributed by atoms with Crippen molar-refractivity contribution >= 4 is 23.6 Å². The highest BCUT2D eigenvalue weighted by Gasteiger charge is 2.33. The molecular weight excluding hydrogens is 461 g/mol. The number of carbonyl (C=O) groups is 2. The van der Waals surface area contributed by atoms with Crippen LogP contribution in [0.3, 0.4) is 0 Å². The molecule has 1 aromatic heterocycles. The first-order valence-corrected chi connectivity index (χ1v) is 11.8. The maximum absolute atomic E-state index is 14.1. The molecule has 34 heavy (non-hydrogen) atoms. The summed E-state index contributed by atoms with van der Waals surface area (Å²) >= 11 is 1.20. The zero-order valence-electron chi connectivity index (χ0n) is 18.2. The van der Waals surface area contributed by atoms with E-state index in [0.29, 0.717) is 48.5 Å². The van der Waals surface area contributed by atoms with Crippen molar-refractivity contribution in [3.63, 3.8) is 0 Å². The molecule has 0 bridgehead atoms. The van der Waals surface area contributed by atoms with Crippen LogP contribution in [0.2, 0.25) is 0 Å². The first-order valence-electron chi connectivity index (χ1n) is 10.8. The summed E-state index contributed by atoms with van der Waals surface area (Å²) in [5.74, 6) is 0.705. The number of benzene rings is 2. The summed E-state index contributed by atoms with van der Waals surface area (Å²) < 4.78 is 27.1. The molecule has 2 aliphatic heterocycles. The van der Waals surface area contributed by atoms with E-state index < -0.39 is 11.9 Å². The zero-order chi connectivity index (χ0) is 23.5. The van der Waals surface area contributed by atoms with Crippen LogP contribution in [-0.4, -0.2) is 81.0 Å². The van der Waals surface area contributed by atoms with Crippen LogP contribution in [0.25, 0.3) is 5.69 Å². The Balaban J connectivity index is 1.13. The second-order valence-corrected chi connectivity index (χ2v) is 8.74. The Labute approximate surface area is 199 Å². The van der Waals surface area contributed by atoms with Gasteiger partial charge in [0.15, 0.2) is 16.7 Å². The lowest BCUT2D eigenvalue weighted by Crippen LogP contribution is -2.55. The molecule has 0 N–H and O–H groups in total. The fraction of sp³-hybridized carbons (Fsp3) is 0.304. The average Bonchev–Trinajstić information content (AvgIpc) is 3.35. The molecule has 11 heteroatoms. The molecule has 1 unspecified atom stereocenters. The number of hydrogen-bond donors (Lipinski definition) is 0. The molecule has 5 rings (SSSR count). The van der Waals surface area contributed by atoms with Gasteiger partial charge in [-0.25, -0.2) is 4.39 Å². The predicted molar refractivity (Wildman–Crippen MR) is 122 cm³/mol. The molecule has 2 aromatic carbocycles. The van der Waals surface area contributed by atoms with Crippen LogP contribution >= 0.6 is 11.8 Å². The molecule has 1 atom stereocenters. The number of ether oxygens (including phenoxy) is 2. The number of hydrogen-bond acceptors (Lipinski definition) is 7. The van der Waals surface area contributed by atoms with E-state index in [1.54, 1.807) is 40.1 Å². The van der Waals surface area contributed by atoms with Crippen molar-refractivity contribution in [2.45, 2.75) is 11.3 Å². The number of thioether (sulfide) groups is 1. The van der Waals surface area contributed by atoms with E-state index in [2.05, 4.69) is 10.2 Å². The van der Waals surface area contributed by atoms with Gasteiger partial charge in [0, 0.05) is 26.2 Å². The lowest BCUT2D eigenvalue weighted by Gasteiger charge is -2.37. The summed E-state index contributed by atoms with van der Waals surface area (Å²) in [4.78, 5) is 29.1. The van der Waals surface area contributed by atoms with E-state index in [4.69, 9.17) is 9.47 Å². The van der Waals surface area contributed by atoms with Crippen LogP contribution < -0.4 is 9.47 Å². The van der Waals surface area contributed by atoms with E-state index >= 15 is 0 Å². The number of rotatable bonds is 5. The second-order valence-electron chi connectivity index (χ2n) is 7.79. The minimum Gasteiger partial charge on any atom is -0.485 e. The van der Waals surface area contributed by atoms with Gasteiger partial charge in [0.05, 0.1) is 11.4 Å². The molecule has 1 fully saturated rings. The predicted octanol–water partition coefficient (Wildman–Crippen LogP) is 2.01. The van der Waals surface area contributed by atoms with E-state index in [9.17, 15) is 14.0 Å². The van der Waals surface area contributed by atoms with Crippen molar-refractivity contribution in [1.29, 1.82) is 0 Å². The summed E-state index contributed by atoms with van der Waals surface area (Å²) in [5.41, 5.74) is 0.325. The minimum absolute atomic E-state index is 0.0774. The monoisotopic (exact) mass is 483 g/mol. The quantitative estimate of drug-likeness (QED) is 0.513. The summed E-state index contributed by atoms with van der Waals surface area (Å²) in [6.07, 6.45) is 0.725. The fourth-order valence-corrected chi connectivity index (χ4v) is 4.70. The number of piperazine rings is 1. The lowest BCUT2D eigenvalue weighted by atomic mass is 10.2. The van der Waals surface area contributed by atoms with E-state index in [-0.39, 0.29) is 24.2 Å². The number of nitrogens with zero attached hydrogens (tertiary/aromatic N) is 5. The Morgan fingerprint density at radius 3 is 2.50 bits per heavy atom. The van der Waals surface area contributed by atoms with Gasteiger partial charge in [0.2, 0.25) is 12.0 Å². The molecule has 2 amide bonds. The van der Waals surface area contributed by atoms with Crippen LogP contribution in [0.4, 0.5) is 4.39 Å². The van der Waals surface area contributed by atoms with Gasteiger partial charge in [0.25, 0.3) is 5.91 Å². The normalized spacial score (nSPS) is 17.5. The number of halogens is 1. The van der Waals surface area contributed by atoms with Gasteiger partial charge in [-0.05, 0) is 24.3 Å². The molecule has 0 radical (unpaired) electrons. The SMILES string of the molecule is O=C(CSc1nncn1-c1ccccc1F)N1CCN(C(=O)C2COc3ccccc3O2)CC1. The Morgan fingerprint density at radius 1 is 1.00 bits per heavy atom. The number of carbonyl (C=O) groups excluding carboxylic acids is 2. The first-order chi connectivity index (χ1) is 16.6. The summed E-state index contributed by atoms with van der Waals surface area (Å²) in [7, 11) is 0. The van der Waals surface area contributed by atoms with Gasteiger partial charge >= 0.3 is 0 Å². The smallest absolute Gasteiger partial charge is 0.267 e. The van der Waals surface area contributed by atoms with Crippen LogP contribution in [0.1, 0.15) is 0 Å². The number of aromatic nitrogens is 3. The minimum atomic E-state index is -0.697. The van der Waals surface area contributed by atoms with E-state index in [0.717, 1.165) is 0 Å². The highest BCUT2D eigenvalue weighted by molar-refractivity contribution is 7.99. The van der Waals surface area contributed by atoms with Crippen LogP contribution in [0.5, 0.6) is 11.5 Å². The van der Waals surface area contributed by atoms with Gasteiger partial charge in [-0.15, -0.1) is 10.2 Å². The van der Waals surface area contributed by atoms with E-state index in [1.807, 2.05) is 12.1 Å². The summed E-state index contributed by atoms with van der Waals surface area (Å²) in [6, 6.07) is 13.6. The number of para-hydroxylation sites is 3. The first kappa shape index (κ1) is 22.2. The Hall–Kier alpha value is -3.60. The van der Waals surface area contributed by atoms with Crippen molar-refractivity contribution in [3.8, 4) is 17.2 Å². The third-order valence-corrected chi connectivity index (χ3v) is 6.61. The topological polar surface area (TPSA) is 89.8 Å². The van der Waals surface area contributed by atoms with Gasteiger partial charge in [-0.1, -0.05) is 36.0 Å². The molecule has 3 aromatic rings. The molecule has 3 heterocycles. The van der Waals surface area contributed by atoms with Gasteiger partial charge < -0.3 is 19.3 Å². The summed E-state index contributed by atoms with van der Waals surface area (Å²) in [5, 5.41) is 8.30. The summed E-state index contributed by atoms with van der Waals surface area (Å²) in [6.45, 7) is 1.85. The largest absolute Gasteiger partial charge is 0.485 e. The highest BCUT2D eigenvalue weighted by atomic mass is 32.2. The third-order valence-electron chi connectivity index (χ3n) is 5.68.